The summed E-state index contributed by atoms with van der Waals surface area (Å²) in [4.78, 5) is 10.5. The molecule has 1 radical (unpaired) electrons. The molecule has 0 unspecified atom stereocenters. The van der Waals surface area contributed by atoms with E-state index < -0.39 is 0 Å². The van der Waals surface area contributed by atoms with Crippen LogP contribution in [-0.2, 0) is 21.9 Å². The van der Waals surface area contributed by atoms with E-state index in [0.29, 0.717) is 0 Å². The Morgan fingerprint density at radius 1 is 1.75 bits per heavy atom. The summed E-state index contributed by atoms with van der Waals surface area (Å²) in [5.74, 6) is 1.22. The van der Waals surface area contributed by atoms with Gasteiger partial charge in [-0.3, -0.25) is 9.10 Å². The molecule has 0 aromatic heterocycles. The Balaban J connectivity index is 0.000000490. The maximum Gasteiger partial charge on any atom is 0.233 e. The van der Waals surface area contributed by atoms with E-state index in [0.717, 1.165) is 12.2 Å². The SMILES string of the molecule is CN1SCCC1=O.[Cu]. The summed E-state index contributed by atoms with van der Waals surface area (Å²) in [6.07, 6.45) is 0.723. The van der Waals surface area contributed by atoms with E-state index >= 15 is 0 Å². The van der Waals surface area contributed by atoms with Gasteiger partial charge in [-0.2, -0.15) is 0 Å². The molecule has 0 aromatic rings. The average Bonchev–Trinajstić information content (AvgIpc) is 1.91. The second kappa shape index (κ2) is 3.38. The first-order valence-electron chi connectivity index (χ1n) is 2.20. The first-order chi connectivity index (χ1) is 3.30. The maximum atomic E-state index is 10.5. The molecule has 2 nitrogen and oxygen atoms in total. The third kappa shape index (κ3) is 1.69. The van der Waals surface area contributed by atoms with E-state index in [9.17, 15) is 4.79 Å². The number of hydrogen-bond acceptors (Lipinski definition) is 2. The van der Waals surface area contributed by atoms with Gasteiger partial charge in [0.2, 0.25) is 5.91 Å². The van der Waals surface area contributed by atoms with E-state index in [1.54, 1.807) is 23.3 Å². The molecule has 0 atom stereocenters. The summed E-state index contributed by atoms with van der Waals surface area (Å²) in [6.45, 7) is 0. The first kappa shape index (κ1) is 8.34. The van der Waals surface area contributed by atoms with Crippen LogP contribution in [0.3, 0.4) is 0 Å². The van der Waals surface area contributed by atoms with Crippen LogP contribution in [0.1, 0.15) is 6.42 Å². The standard InChI is InChI=1S/C4H7NOS.Cu/c1-5-4(6)2-3-7-5;/h2-3H2,1H3;. The molecule has 0 bridgehead atoms. The summed E-state index contributed by atoms with van der Waals surface area (Å²) in [7, 11) is 1.81. The van der Waals surface area contributed by atoms with Gasteiger partial charge >= 0.3 is 0 Å². The molecule has 0 spiro atoms. The van der Waals surface area contributed by atoms with Crippen LogP contribution in [0.25, 0.3) is 0 Å². The molecule has 1 fully saturated rings. The number of hydrogen-bond donors (Lipinski definition) is 0. The van der Waals surface area contributed by atoms with Crippen LogP contribution in [0.15, 0.2) is 0 Å². The van der Waals surface area contributed by atoms with Gasteiger partial charge in [-0.1, -0.05) is 0 Å². The molecule has 1 saturated heterocycles. The van der Waals surface area contributed by atoms with Crippen molar-refractivity contribution in [2.24, 2.45) is 0 Å². The molecule has 0 saturated carbocycles. The summed E-state index contributed by atoms with van der Waals surface area (Å²) >= 11 is 1.59. The number of nitrogens with zero attached hydrogens (tertiary/aromatic N) is 1. The quantitative estimate of drug-likeness (QED) is 0.400. The summed E-state index contributed by atoms with van der Waals surface area (Å²) in [6, 6.07) is 0. The zero-order valence-corrected chi connectivity index (χ0v) is 6.24. The molecule has 51 valence electrons. The summed E-state index contributed by atoms with van der Waals surface area (Å²) < 4.78 is 1.68. The van der Waals surface area contributed by atoms with Gasteiger partial charge in [-0.25, -0.2) is 0 Å². The Morgan fingerprint density at radius 3 is 2.50 bits per heavy atom. The van der Waals surface area contributed by atoms with Gasteiger partial charge in [0.15, 0.2) is 0 Å². The monoisotopic (exact) mass is 180 g/mol. The fourth-order valence-electron chi connectivity index (χ4n) is 0.499. The fraction of sp³-hybridized carbons (Fsp3) is 0.750. The zero-order chi connectivity index (χ0) is 5.28. The minimum Gasteiger partial charge on any atom is -0.289 e. The first-order valence-corrected chi connectivity index (χ1v) is 3.14. The van der Waals surface area contributed by atoms with Gasteiger partial charge in [-0.15, -0.1) is 0 Å². The van der Waals surface area contributed by atoms with E-state index in [2.05, 4.69) is 0 Å². The third-order valence-electron chi connectivity index (χ3n) is 0.952. The van der Waals surface area contributed by atoms with E-state index in [1.807, 2.05) is 0 Å². The molecule has 1 aliphatic rings. The van der Waals surface area contributed by atoms with Crippen molar-refractivity contribution in [2.75, 3.05) is 12.8 Å². The molecule has 8 heavy (non-hydrogen) atoms. The van der Waals surface area contributed by atoms with E-state index in [1.165, 1.54) is 0 Å². The van der Waals surface area contributed by atoms with Crippen LogP contribution in [-0.4, -0.2) is 23.0 Å². The van der Waals surface area contributed by atoms with Crippen LogP contribution in [0, 0.1) is 0 Å². The minimum atomic E-state index is 0. The number of rotatable bonds is 0. The molecule has 1 heterocycles. The van der Waals surface area contributed by atoms with Gasteiger partial charge in [0, 0.05) is 36.3 Å². The predicted octanol–water partition coefficient (Wildman–Crippen LogP) is 0.494. The normalized spacial score (nSPS) is 18.6. The minimum absolute atomic E-state index is 0. The Morgan fingerprint density at radius 2 is 2.38 bits per heavy atom. The van der Waals surface area contributed by atoms with Gasteiger partial charge in [-0.05, 0) is 11.9 Å². The number of carbonyl (C=O) groups is 1. The van der Waals surface area contributed by atoms with Gasteiger partial charge in [0.25, 0.3) is 0 Å². The Hall–Kier alpha value is 0.339. The summed E-state index contributed by atoms with van der Waals surface area (Å²) in [5, 5.41) is 0. The summed E-state index contributed by atoms with van der Waals surface area (Å²) in [5.41, 5.74) is 0. The molecule has 1 aliphatic heterocycles. The van der Waals surface area contributed by atoms with E-state index in [4.69, 9.17) is 0 Å². The smallest absolute Gasteiger partial charge is 0.233 e. The van der Waals surface area contributed by atoms with Gasteiger partial charge in [0.1, 0.15) is 0 Å². The Bertz CT molecular complexity index is 98.0. The second-order valence-corrected chi connectivity index (χ2v) is 2.69. The molecular formula is C4H7CuNOS. The topological polar surface area (TPSA) is 20.3 Å². The van der Waals surface area contributed by atoms with Crippen LogP contribution >= 0.6 is 11.9 Å². The number of carbonyl (C=O) groups excluding carboxylic acids is 1. The fourth-order valence-corrected chi connectivity index (χ4v) is 1.27. The number of amides is 1. The molecule has 4 heteroatoms. The largest absolute Gasteiger partial charge is 0.289 e. The van der Waals surface area contributed by atoms with E-state index in [-0.39, 0.29) is 23.0 Å². The predicted molar refractivity (Wildman–Crippen MR) is 29.8 cm³/mol. The molecule has 0 aromatic carbocycles. The van der Waals surface area contributed by atoms with Gasteiger partial charge in [0.05, 0.1) is 0 Å². The molecule has 1 amide bonds. The van der Waals surface area contributed by atoms with Crippen molar-refractivity contribution in [2.45, 2.75) is 6.42 Å². The maximum absolute atomic E-state index is 10.5. The average molecular weight is 181 g/mol. The van der Waals surface area contributed by atoms with Crippen molar-refractivity contribution in [1.82, 2.24) is 4.31 Å². The molecule has 0 N–H and O–H groups in total. The third-order valence-corrected chi connectivity index (χ3v) is 1.93. The van der Waals surface area contributed by atoms with Gasteiger partial charge < -0.3 is 0 Å². The second-order valence-electron chi connectivity index (χ2n) is 1.47. The molecule has 1 rings (SSSR count). The molecular weight excluding hydrogens is 174 g/mol. The Labute approximate surface area is 63.6 Å². The van der Waals surface area contributed by atoms with Crippen molar-refractivity contribution < 1.29 is 21.9 Å². The zero-order valence-electron chi connectivity index (χ0n) is 4.48. The van der Waals surface area contributed by atoms with Crippen LogP contribution < -0.4 is 0 Å². The van der Waals surface area contributed by atoms with Crippen LogP contribution in [0.2, 0.25) is 0 Å². The van der Waals surface area contributed by atoms with Crippen molar-refractivity contribution in [1.29, 1.82) is 0 Å². The van der Waals surface area contributed by atoms with Crippen LogP contribution in [0.4, 0.5) is 0 Å². The van der Waals surface area contributed by atoms with Crippen molar-refractivity contribution in [3.8, 4) is 0 Å². The van der Waals surface area contributed by atoms with Crippen molar-refractivity contribution in [3.05, 3.63) is 0 Å². The van der Waals surface area contributed by atoms with Crippen LogP contribution in [0.5, 0.6) is 0 Å². The van der Waals surface area contributed by atoms with Crippen molar-refractivity contribution in [3.63, 3.8) is 0 Å². The van der Waals surface area contributed by atoms with Crippen molar-refractivity contribution >= 4 is 17.9 Å². The Kier molecular flexibility index (Phi) is 3.53. The molecule has 0 aliphatic carbocycles.